The fourth-order valence-electron chi connectivity index (χ4n) is 1.93. The van der Waals surface area contributed by atoms with Crippen molar-refractivity contribution in [3.05, 3.63) is 52.4 Å². The summed E-state index contributed by atoms with van der Waals surface area (Å²) in [5.74, 6) is -0.104. The lowest BCUT2D eigenvalue weighted by molar-refractivity contribution is -0.116. The number of carbonyl (C=O) groups is 1. The molecule has 0 spiro atoms. The van der Waals surface area contributed by atoms with E-state index in [1.165, 1.54) is 10.7 Å². The van der Waals surface area contributed by atoms with Gasteiger partial charge in [-0.25, -0.2) is 4.68 Å². The quantitative estimate of drug-likeness (QED) is 0.816. The fraction of sp³-hybridized carbons (Fsp3) is 0.267. The van der Waals surface area contributed by atoms with Crippen molar-refractivity contribution in [2.45, 2.75) is 26.3 Å². The van der Waals surface area contributed by atoms with Gasteiger partial charge in [0.05, 0.1) is 0 Å². The Morgan fingerprint density at radius 3 is 2.95 bits per heavy atom. The molecule has 1 heterocycles. The van der Waals surface area contributed by atoms with Gasteiger partial charge in [-0.2, -0.15) is 5.10 Å². The predicted octanol–water partition coefficient (Wildman–Crippen LogP) is 1.55. The van der Waals surface area contributed by atoms with Crippen LogP contribution in [0.5, 0.6) is 0 Å². The Balaban J connectivity index is 1.87. The second-order valence-electron chi connectivity index (χ2n) is 4.81. The molecule has 6 heteroatoms. The minimum atomic E-state index is -0.162. The minimum absolute atomic E-state index is 0.104. The molecule has 2 rings (SSSR count). The van der Waals surface area contributed by atoms with Crippen LogP contribution >= 0.6 is 0 Å². The van der Waals surface area contributed by atoms with Crippen molar-refractivity contribution >= 4 is 17.3 Å². The molecule has 0 fully saturated rings. The zero-order chi connectivity index (χ0) is 15.2. The summed E-state index contributed by atoms with van der Waals surface area (Å²) in [5.41, 5.74) is 7.82. The lowest BCUT2D eigenvalue weighted by atomic mass is 10.1. The number of hydrogen-bond donors (Lipinski definition) is 2. The molecule has 0 aliphatic carbocycles. The van der Waals surface area contributed by atoms with Crippen LogP contribution < -0.4 is 16.6 Å². The fourth-order valence-corrected chi connectivity index (χ4v) is 1.93. The van der Waals surface area contributed by atoms with E-state index in [-0.39, 0.29) is 11.5 Å². The van der Waals surface area contributed by atoms with Crippen molar-refractivity contribution in [1.82, 2.24) is 9.78 Å². The Bertz CT molecular complexity index is 694. The molecule has 21 heavy (non-hydrogen) atoms. The Labute approximate surface area is 122 Å². The van der Waals surface area contributed by atoms with E-state index >= 15 is 0 Å². The zero-order valence-electron chi connectivity index (χ0n) is 11.9. The molecule has 6 nitrogen and oxygen atoms in total. The highest BCUT2D eigenvalue weighted by Gasteiger charge is 2.06. The number of carbonyl (C=O) groups excluding carboxylic acids is 1. The molecule has 0 atom stereocenters. The maximum absolute atomic E-state index is 11.9. The number of aryl methyl sites for hydroxylation is 2. The summed E-state index contributed by atoms with van der Waals surface area (Å²) < 4.78 is 1.35. The zero-order valence-corrected chi connectivity index (χ0v) is 11.9. The van der Waals surface area contributed by atoms with Gasteiger partial charge < -0.3 is 11.1 Å². The van der Waals surface area contributed by atoms with Crippen LogP contribution in [-0.2, 0) is 11.3 Å². The third kappa shape index (κ3) is 4.17. The Kier molecular flexibility index (Phi) is 4.71. The van der Waals surface area contributed by atoms with Gasteiger partial charge in [0.1, 0.15) is 0 Å². The number of rotatable bonds is 5. The molecule has 1 aromatic carbocycles. The summed E-state index contributed by atoms with van der Waals surface area (Å²) in [6.07, 6.45) is 2.42. The van der Waals surface area contributed by atoms with Gasteiger partial charge >= 0.3 is 0 Å². The van der Waals surface area contributed by atoms with Crippen LogP contribution in [0.4, 0.5) is 11.4 Å². The average molecular weight is 286 g/mol. The first kappa shape index (κ1) is 14.8. The largest absolute Gasteiger partial charge is 0.399 e. The monoisotopic (exact) mass is 286 g/mol. The normalized spacial score (nSPS) is 10.3. The number of nitrogens with two attached hydrogens (primary N) is 1. The molecule has 0 bridgehead atoms. The highest BCUT2D eigenvalue weighted by Crippen LogP contribution is 2.18. The van der Waals surface area contributed by atoms with Crippen molar-refractivity contribution < 1.29 is 4.79 Å². The number of hydrogen-bond acceptors (Lipinski definition) is 4. The van der Waals surface area contributed by atoms with E-state index in [1.807, 2.05) is 13.0 Å². The van der Waals surface area contributed by atoms with Crippen LogP contribution in [0.25, 0.3) is 0 Å². The second-order valence-corrected chi connectivity index (χ2v) is 4.81. The first-order chi connectivity index (χ1) is 10.1. The van der Waals surface area contributed by atoms with Crippen molar-refractivity contribution in [3.63, 3.8) is 0 Å². The average Bonchev–Trinajstić information content (AvgIpc) is 2.45. The van der Waals surface area contributed by atoms with Gasteiger partial charge in [-0.1, -0.05) is 6.07 Å². The lowest BCUT2D eigenvalue weighted by Crippen LogP contribution is -2.22. The molecule has 110 valence electrons. The van der Waals surface area contributed by atoms with Crippen molar-refractivity contribution in [3.8, 4) is 0 Å². The van der Waals surface area contributed by atoms with Crippen LogP contribution in [0.15, 0.2) is 41.3 Å². The molecule has 3 N–H and O–H groups in total. The van der Waals surface area contributed by atoms with Gasteiger partial charge in [0.2, 0.25) is 5.91 Å². The molecule has 0 aliphatic heterocycles. The SMILES string of the molecule is Cc1ccc(N)cc1NC(=O)CCCn1ncccc1=O. The van der Waals surface area contributed by atoms with Gasteiger partial charge in [-0.3, -0.25) is 9.59 Å². The van der Waals surface area contributed by atoms with Gasteiger partial charge in [0, 0.05) is 36.6 Å². The molecule has 1 aromatic heterocycles. The van der Waals surface area contributed by atoms with Crippen LogP contribution in [0.3, 0.4) is 0 Å². The number of benzene rings is 1. The number of aromatic nitrogens is 2. The maximum atomic E-state index is 11.9. The highest BCUT2D eigenvalue weighted by molar-refractivity contribution is 5.91. The van der Waals surface area contributed by atoms with E-state index in [0.717, 1.165) is 11.3 Å². The third-order valence-corrected chi connectivity index (χ3v) is 3.09. The second kappa shape index (κ2) is 6.69. The third-order valence-electron chi connectivity index (χ3n) is 3.09. The molecule has 2 aromatic rings. The predicted molar refractivity (Wildman–Crippen MR) is 82.0 cm³/mol. The van der Waals surface area contributed by atoms with Crippen LogP contribution in [0.1, 0.15) is 18.4 Å². The number of nitrogens with zero attached hydrogens (tertiary/aromatic N) is 2. The van der Waals surface area contributed by atoms with E-state index in [2.05, 4.69) is 10.4 Å². The summed E-state index contributed by atoms with van der Waals surface area (Å²) in [6, 6.07) is 8.42. The number of nitrogens with one attached hydrogen (secondary N) is 1. The first-order valence-corrected chi connectivity index (χ1v) is 6.74. The molecule has 0 saturated heterocycles. The highest BCUT2D eigenvalue weighted by atomic mass is 16.1. The molecule has 1 amide bonds. The molecular formula is C15H18N4O2. The summed E-state index contributed by atoms with van der Waals surface area (Å²) >= 11 is 0. The summed E-state index contributed by atoms with van der Waals surface area (Å²) in [7, 11) is 0. The van der Waals surface area contributed by atoms with Crippen molar-refractivity contribution in [1.29, 1.82) is 0 Å². The van der Waals surface area contributed by atoms with E-state index in [9.17, 15) is 9.59 Å². The van der Waals surface area contributed by atoms with E-state index in [1.54, 1.807) is 24.4 Å². The van der Waals surface area contributed by atoms with E-state index < -0.39 is 0 Å². The Morgan fingerprint density at radius 1 is 1.38 bits per heavy atom. The van der Waals surface area contributed by atoms with Crippen molar-refractivity contribution in [2.24, 2.45) is 0 Å². The number of nitrogen functional groups attached to an aromatic ring is 1. The summed E-state index contributed by atoms with van der Waals surface area (Å²) in [5, 5.41) is 6.77. The molecule has 0 radical (unpaired) electrons. The Hall–Kier alpha value is -2.63. The molecule has 0 unspecified atom stereocenters. The molecular weight excluding hydrogens is 268 g/mol. The van der Waals surface area contributed by atoms with Gasteiger partial charge in [0.15, 0.2) is 0 Å². The van der Waals surface area contributed by atoms with Crippen LogP contribution in [-0.4, -0.2) is 15.7 Å². The van der Waals surface area contributed by atoms with Crippen LogP contribution in [0.2, 0.25) is 0 Å². The standard InChI is InChI=1S/C15H18N4O2/c1-11-6-7-12(16)10-13(11)18-14(20)4-3-9-19-15(21)5-2-8-17-19/h2,5-8,10H,3-4,9,16H2,1H3,(H,18,20). The van der Waals surface area contributed by atoms with Gasteiger partial charge in [0.25, 0.3) is 5.56 Å². The molecule has 0 aliphatic rings. The maximum Gasteiger partial charge on any atom is 0.266 e. The number of amides is 1. The Morgan fingerprint density at radius 2 is 2.19 bits per heavy atom. The summed E-state index contributed by atoms with van der Waals surface area (Å²) in [6.45, 7) is 2.32. The van der Waals surface area contributed by atoms with Gasteiger partial charge in [-0.05, 0) is 37.1 Å². The van der Waals surface area contributed by atoms with Gasteiger partial charge in [-0.15, -0.1) is 0 Å². The van der Waals surface area contributed by atoms with E-state index in [0.29, 0.717) is 25.1 Å². The topological polar surface area (TPSA) is 90.0 Å². The smallest absolute Gasteiger partial charge is 0.266 e. The van der Waals surface area contributed by atoms with Crippen molar-refractivity contribution in [2.75, 3.05) is 11.1 Å². The summed E-state index contributed by atoms with van der Waals surface area (Å²) in [4.78, 5) is 23.3. The lowest BCUT2D eigenvalue weighted by Gasteiger charge is -2.09. The first-order valence-electron chi connectivity index (χ1n) is 6.74. The van der Waals surface area contributed by atoms with E-state index in [4.69, 9.17) is 5.73 Å². The van der Waals surface area contributed by atoms with Crippen LogP contribution in [0, 0.1) is 6.92 Å². The minimum Gasteiger partial charge on any atom is -0.399 e. The molecule has 0 saturated carbocycles. The number of anilines is 2.